The molecule has 0 aliphatic heterocycles. The van der Waals surface area contributed by atoms with Crippen molar-refractivity contribution < 1.29 is 19.0 Å². The minimum Gasteiger partial charge on any atom is -0.497 e. The molecule has 2 aromatic rings. The first-order valence-corrected chi connectivity index (χ1v) is 7.54. The van der Waals surface area contributed by atoms with Gasteiger partial charge in [0.15, 0.2) is 0 Å². The van der Waals surface area contributed by atoms with Gasteiger partial charge in [-0.3, -0.25) is 4.79 Å². The lowest BCUT2D eigenvalue weighted by Gasteiger charge is -2.14. The molecule has 0 aromatic heterocycles. The van der Waals surface area contributed by atoms with E-state index in [1.165, 1.54) is 7.11 Å². The van der Waals surface area contributed by atoms with Crippen LogP contribution in [0, 0.1) is 0 Å². The van der Waals surface area contributed by atoms with Gasteiger partial charge in [0.05, 0.1) is 39.2 Å². The maximum atomic E-state index is 12.2. The van der Waals surface area contributed by atoms with E-state index in [0.29, 0.717) is 33.6 Å². The molecule has 128 valence electrons. The number of hydrogen-bond donors (Lipinski definition) is 2. The number of carbonyl (C=O) groups excluding carboxylic acids is 1. The van der Waals surface area contributed by atoms with Crippen molar-refractivity contribution in [3.63, 3.8) is 0 Å². The number of rotatable bonds is 7. The molecule has 0 spiro atoms. The summed E-state index contributed by atoms with van der Waals surface area (Å²) in [7, 11) is 4.66. The van der Waals surface area contributed by atoms with Crippen molar-refractivity contribution in [3.8, 4) is 17.2 Å². The summed E-state index contributed by atoms with van der Waals surface area (Å²) in [6, 6.07) is 10.3. The molecular weight excluding hydrogens is 332 g/mol. The molecule has 0 radical (unpaired) electrons. The van der Waals surface area contributed by atoms with E-state index in [4.69, 9.17) is 25.8 Å². The Balaban J connectivity index is 2.05. The number of amides is 1. The first kappa shape index (κ1) is 17.7. The number of anilines is 2. The Morgan fingerprint density at radius 1 is 0.958 bits per heavy atom. The summed E-state index contributed by atoms with van der Waals surface area (Å²) in [4.78, 5) is 12.2. The zero-order chi connectivity index (χ0) is 17.5. The van der Waals surface area contributed by atoms with Crippen molar-refractivity contribution in [2.75, 3.05) is 38.5 Å². The van der Waals surface area contributed by atoms with E-state index >= 15 is 0 Å². The van der Waals surface area contributed by atoms with Gasteiger partial charge in [-0.15, -0.1) is 0 Å². The zero-order valence-corrected chi connectivity index (χ0v) is 14.4. The van der Waals surface area contributed by atoms with Crippen molar-refractivity contribution in [3.05, 3.63) is 41.4 Å². The third kappa shape index (κ3) is 4.45. The lowest BCUT2D eigenvalue weighted by molar-refractivity contribution is -0.114. The number of nitrogens with one attached hydrogen (secondary N) is 2. The maximum Gasteiger partial charge on any atom is 0.243 e. The molecular formula is C17H19ClN2O4. The van der Waals surface area contributed by atoms with Gasteiger partial charge in [0.1, 0.15) is 17.2 Å². The SMILES string of the molecule is COc1ccc(OC)c(NCC(=O)Nc2cc(Cl)ccc2OC)c1. The summed E-state index contributed by atoms with van der Waals surface area (Å²) >= 11 is 5.95. The van der Waals surface area contributed by atoms with Crippen molar-refractivity contribution in [2.24, 2.45) is 0 Å². The first-order chi connectivity index (χ1) is 11.6. The molecule has 6 nitrogen and oxygen atoms in total. The standard InChI is InChI=1S/C17H19ClN2O4/c1-22-12-5-7-15(23-2)13(9-12)19-10-17(21)20-14-8-11(18)4-6-16(14)24-3/h4-9,19H,10H2,1-3H3,(H,20,21). The number of benzene rings is 2. The maximum absolute atomic E-state index is 12.2. The van der Waals surface area contributed by atoms with Crippen molar-refractivity contribution >= 4 is 28.9 Å². The molecule has 0 unspecified atom stereocenters. The fraction of sp³-hybridized carbons (Fsp3) is 0.235. The van der Waals surface area contributed by atoms with Crippen LogP contribution in [0.5, 0.6) is 17.2 Å². The Kier molecular flexibility index (Phi) is 6.14. The smallest absolute Gasteiger partial charge is 0.243 e. The van der Waals surface area contributed by atoms with Crippen LogP contribution in [-0.4, -0.2) is 33.8 Å². The van der Waals surface area contributed by atoms with Crippen molar-refractivity contribution in [1.29, 1.82) is 0 Å². The Labute approximate surface area is 145 Å². The summed E-state index contributed by atoms with van der Waals surface area (Å²) in [5.74, 6) is 1.56. The van der Waals surface area contributed by atoms with E-state index in [2.05, 4.69) is 10.6 Å². The highest BCUT2D eigenvalue weighted by molar-refractivity contribution is 6.31. The molecule has 0 saturated heterocycles. The average molecular weight is 351 g/mol. The highest BCUT2D eigenvalue weighted by Crippen LogP contribution is 2.29. The predicted octanol–water partition coefficient (Wildman–Crippen LogP) is 3.42. The lowest BCUT2D eigenvalue weighted by Crippen LogP contribution is -2.22. The quantitative estimate of drug-likeness (QED) is 0.800. The Morgan fingerprint density at radius 2 is 1.62 bits per heavy atom. The third-order valence-electron chi connectivity index (χ3n) is 3.28. The molecule has 0 atom stereocenters. The topological polar surface area (TPSA) is 68.8 Å². The molecule has 0 aliphatic carbocycles. The highest BCUT2D eigenvalue weighted by atomic mass is 35.5. The van der Waals surface area contributed by atoms with Crippen LogP contribution >= 0.6 is 11.6 Å². The van der Waals surface area contributed by atoms with Crippen LogP contribution < -0.4 is 24.8 Å². The molecule has 7 heteroatoms. The van der Waals surface area contributed by atoms with Gasteiger partial charge in [-0.1, -0.05) is 11.6 Å². The minimum atomic E-state index is -0.250. The Morgan fingerprint density at radius 3 is 2.29 bits per heavy atom. The number of halogens is 1. The van der Waals surface area contributed by atoms with Crippen LogP contribution in [-0.2, 0) is 4.79 Å². The predicted molar refractivity (Wildman–Crippen MR) is 94.7 cm³/mol. The van der Waals surface area contributed by atoms with Gasteiger partial charge in [0, 0.05) is 11.1 Å². The van der Waals surface area contributed by atoms with Crippen LogP contribution in [0.2, 0.25) is 5.02 Å². The number of ether oxygens (including phenoxy) is 3. The van der Waals surface area contributed by atoms with Crippen molar-refractivity contribution in [2.45, 2.75) is 0 Å². The largest absolute Gasteiger partial charge is 0.497 e. The second-order valence-electron chi connectivity index (χ2n) is 4.81. The second-order valence-corrected chi connectivity index (χ2v) is 5.25. The molecule has 24 heavy (non-hydrogen) atoms. The summed E-state index contributed by atoms with van der Waals surface area (Å²) in [5, 5.41) is 6.28. The van der Waals surface area contributed by atoms with E-state index in [1.807, 2.05) is 0 Å². The fourth-order valence-electron chi connectivity index (χ4n) is 2.10. The van der Waals surface area contributed by atoms with Gasteiger partial charge in [0.25, 0.3) is 0 Å². The molecule has 0 heterocycles. The van der Waals surface area contributed by atoms with Crippen molar-refractivity contribution in [1.82, 2.24) is 0 Å². The van der Waals surface area contributed by atoms with E-state index in [-0.39, 0.29) is 12.5 Å². The summed E-state index contributed by atoms with van der Waals surface area (Å²) in [5.41, 5.74) is 1.17. The van der Waals surface area contributed by atoms with E-state index in [9.17, 15) is 4.79 Å². The third-order valence-corrected chi connectivity index (χ3v) is 3.52. The van der Waals surface area contributed by atoms with Crippen LogP contribution in [0.3, 0.4) is 0 Å². The average Bonchev–Trinajstić information content (AvgIpc) is 2.59. The van der Waals surface area contributed by atoms with E-state index in [0.717, 1.165) is 0 Å². The van der Waals surface area contributed by atoms with Crippen LogP contribution in [0.1, 0.15) is 0 Å². The van der Waals surface area contributed by atoms with E-state index < -0.39 is 0 Å². The second kappa shape index (κ2) is 8.31. The molecule has 2 N–H and O–H groups in total. The molecule has 2 rings (SSSR count). The summed E-state index contributed by atoms with van der Waals surface area (Å²) < 4.78 is 15.6. The van der Waals surface area contributed by atoms with Gasteiger partial charge >= 0.3 is 0 Å². The normalized spacial score (nSPS) is 10.0. The molecule has 2 aromatic carbocycles. The molecule has 0 aliphatic rings. The van der Waals surface area contributed by atoms with Crippen LogP contribution in [0.4, 0.5) is 11.4 Å². The molecule has 0 fully saturated rings. The molecule has 1 amide bonds. The number of carbonyl (C=O) groups is 1. The van der Waals surface area contributed by atoms with Gasteiger partial charge < -0.3 is 24.8 Å². The van der Waals surface area contributed by atoms with E-state index in [1.54, 1.807) is 50.6 Å². The van der Waals surface area contributed by atoms with Gasteiger partial charge in [-0.25, -0.2) is 0 Å². The highest BCUT2D eigenvalue weighted by Gasteiger charge is 2.10. The van der Waals surface area contributed by atoms with Gasteiger partial charge in [0.2, 0.25) is 5.91 Å². The lowest BCUT2D eigenvalue weighted by atomic mass is 10.2. The minimum absolute atomic E-state index is 0.0409. The molecule has 0 bridgehead atoms. The summed E-state index contributed by atoms with van der Waals surface area (Å²) in [6.45, 7) is 0.0409. The van der Waals surface area contributed by atoms with Gasteiger partial charge in [-0.05, 0) is 30.3 Å². The fourth-order valence-corrected chi connectivity index (χ4v) is 2.27. The van der Waals surface area contributed by atoms with Crippen LogP contribution in [0.15, 0.2) is 36.4 Å². The Hall–Kier alpha value is -2.60. The van der Waals surface area contributed by atoms with Gasteiger partial charge in [-0.2, -0.15) is 0 Å². The number of methoxy groups -OCH3 is 3. The first-order valence-electron chi connectivity index (χ1n) is 7.16. The zero-order valence-electron chi connectivity index (χ0n) is 13.7. The molecule has 0 saturated carbocycles. The summed E-state index contributed by atoms with van der Waals surface area (Å²) in [6.07, 6.45) is 0. The van der Waals surface area contributed by atoms with Crippen LogP contribution in [0.25, 0.3) is 0 Å². The Bertz CT molecular complexity index is 722. The number of hydrogen-bond acceptors (Lipinski definition) is 5. The monoisotopic (exact) mass is 350 g/mol.